The topological polar surface area (TPSA) is 70.1 Å². The van der Waals surface area contributed by atoms with Crippen molar-refractivity contribution in [3.05, 3.63) is 98.1 Å². The fraction of sp³-hybridized carbons (Fsp3) is 0.375. The van der Waals surface area contributed by atoms with Crippen molar-refractivity contribution in [3.63, 3.8) is 0 Å². The molecule has 222 valence electrons. The zero-order valence-corrected chi connectivity index (χ0v) is 27.8. The molecular formula is C32H35ClFIN2O4Si. The molecule has 6 nitrogen and oxygen atoms in total. The van der Waals surface area contributed by atoms with Crippen molar-refractivity contribution in [1.29, 1.82) is 0 Å². The number of aliphatic hydroxyl groups excluding tert-OH is 1. The fourth-order valence-electron chi connectivity index (χ4n) is 6.67. The van der Waals surface area contributed by atoms with Crippen molar-refractivity contribution in [3.8, 4) is 0 Å². The molecule has 5 rings (SSSR count). The predicted molar refractivity (Wildman–Crippen MR) is 173 cm³/mol. The SMILES string of the molecule is C[C@@H]1[C@@H]([Si](C)(C)F)[C@H](CC(=O)N(CCO)Cc2ccccc2)O[C@@]12C(=O)N(Cc1ccc(I)cc1)c1ccc(Cl)cc12. The van der Waals surface area contributed by atoms with Crippen molar-refractivity contribution in [2.24, 2.45) is 5.92 Å². The lowest BCUT2D eigenvalue weighted by molar-refractivity contribution is -0.150. The van der Waals surface area contributed by atoms with E-state index in [9.17, 15) is 14.7 Å². The number of carbonyl (C=O) groups excluding carboxylic acids is 2. The second kappa shape index (κ2) is 12.4. The van der Waals surface area contributed by atoms with Crippen molar-refractivity contribution < 1.29 is 23.5 Å². The minimum absolute atomic E-state index is 0.0930. The highest BCUT2D eigenvalue weighted by molar-refractivity contribution is 14.1. The first-order valence-electron chi connectivity index (χ1n) is 14.1. The van der Waals surface area contributed by atoms with E-state index in [0.717, 1.165) is 14.7 Å². The van der Waals surface area contributed by atoms with Crippen LogP contribution in [-0.4, -0.2) is 49.5 Å². The maximum absolute atomic E-state index is 16.2. The van der Waals surface area contributed by atoms with Crippen LogP contribution in [0.4, 0.5) is 9.80 Å². The zero-order chi connectivity index (χ0) is 30.2. The third-order valence-corrected chi connectivity index (χ3v) is 11.9. The highest BCUT2D eigenvalue weighted by atomic mass is 127. The second-order valence-corrected chi connectivity index (χ2v) is 17.2. The monoisotopic (exact) mass is 720 g/mol. The van der Waals surface area contributed by atoms with Gasteiger partial charge in [-0.05, 0) is 77.1 Å². The molecule has 2 aliphatic rings. The van der Waals surface area contributed by atoms with Gasteiger partial charge in [0.25, 0.3) is 5.91 Å². The van der Waals surface area contributed by atoms with Crippen LogP contribution in [0.25, 0.3) is 0 Å². The van der Waals surface area contributed by atoms with Gasteiger partial charge in [0, 0.05) is 38.7 Å². The highest BCUT2D eigenvalue weighted by Crippen LogP contribution is 2.60. The average molecular weight is 721 g/mol. The van der Waals surface area contributed by atoms with E-state index in [1.165, 1.54) is 0 Å². The first-order valence-corrected chi connectivity index (χ1v) is 18.5. The summed E-state index contributed by atoms with van der Waals surface area (Å²) in [5, 5.41) is 10.2. The number of carbonyl (C=O) groups is 2. The lowest BCUT2D eigenvalue weighted by Gasteiger charge is -2.31. The van der Waals surface area contributed by atoms with E-state index in [1.807, 2.05) is 67.6 Å². The number of nitrogens with zero attached hydrogens (tertiary/aromatic N) is 2. The van der Waals surface area contributed by atoms with Gasteiger partial charge in [0.1, 0.15) is 0 Å². The van der Waals surface area contributed by atoms with Crippen molar-refractivity contribution in [1.82, 2.24) is 4.90 Å². The Morgan fingerprint density at radius 2 is 1.81 bits per heavy atom. The van der Waals surface area contributed by atoms with E-state index in [-0.39, 0.29) is 31.4 Å². The smallest absolute Gasteiger partial charge is 0.264 e. The van der Waals surface area contributed by atoms with E-state index in [0.29, 0.717) is 29.4 Å². The van der Waals surface area contributed by atoms with Gasteiger partial charge in [-0.1, -0.05) is 61.0 Å². The number of amides is 2. The molecule has 2 amide bonds. The van der Waals surface area contributed by atoms with Crippen LogP contribution in [0, 0.1) is 9.49 Å². The van der Waals surface area contributed by atoms with Gasteiger partial charge in [-0.2, -0.15) is 0 Å². The molecule has 0 saturated carbocycles. The molecule has 0 radical (unpaired) electrons. The molecule has 42 heavy (non-hydrogen) atoms. The Bertz CT molecular complexity index is 1460. The second-order valence-electron chi connectivity index (χ2n) is 11.7. The van der Waals surface area contributed by atoms with E-state index in [2.05, 4.69) is 22.6 Å². The summed E-state index contributed by atoms with van der Waals surface area (Å²) in [7, 11) is -3.45. The van der Waals surface area contributed by atoms with Gasteiger partial charge in [-0.15, -0.1) is 0 Å². The first-order chi connectivity index (χ1) is 20.0. The van der Waals surface area contributed by atoms with Gasteiger partial charge in [-0.3, -0.25) is 9.59 Å². The van der Waals surface area contributed by atoms with Gasteiger partial charge in [-0.25, -0.2) is 0 Å². The summed E-state index contributed by atoms with van der Waals surface area (Å²) in [4.78, 5) is 31.5. The molecule has 2 aliphatic heterocycles. The van der Waals surface area contributed by atoms with Crippen LogP contribution in [0.3, 0.4) is 0 Å². The van der Waals surface area contributed by atoms with Crippen LogP contribution >= 0.6 is 34.2 Å². The summed E-state index contributed by atoms with van der Waals surface area (Å²) in [5.74, 6) is -1.05. The molecule has 3 aromatic rings. The number of fused-ring (bicyclic) bond motifs is 2. The highest BCUT2D eigenvalue weighted by Gasteiger charge is 2.67. The number of hydrogen-bond donors (Lipinski definition) is 1. The molecule has 0 aromatic heterocycles. The molecule has 0 aliphatic carbocycles. The summed E-state index contributed by atoms with van der Waals surface area (Å²) in [6.45, 7) is 5.69. The largest absolute Gasteiger partial charge is 0.395 e. The Morgan fingerprint density at radius 1 is 1.12 bits per heavy atom. The van der Waals surface area contributed by atoms with Crippen LogP contribution < -0.4 is 4.90 Å². The Morgan fingerprint density at radius 3 is 2.45 bits per heavy atom. The molecule has 10 heteroatoms. The minimum atomic E-state index is -3.45. The quantitative estimate of drug-likeness (QED) is 0.152. The Labute approximate surface area is 266 Å². The van der Waals surface area contributed by atoms with E-state index >= 15 is 4.11 Å². The van der Waals surface area contributed by atoms with Crippen LogP contribution in [0.15, 0.2) is 72.8 Å². The molecule has 3 aromatic carbocycles. The number of ether oxygens (including phenoxy) is 1. The Balaban J connectivity index is 1.50. The Kier molecular flexibility index (Phi) is 9.16. The summed E-state index contributed by atoms with van der Waals surface area (Å²) >= 11 is 8.71. The summed E-state index contributed by atoms with van der Waals surface area (Å²) < 4.78 is 24.0. The maximum atomic E-state index is 16.2. The number of hydrogen-bond acceptors (Lipinski definition) is 4. The lowest BCUT2D eigenvalue weighted by Crippen LogP contribution is -2.45. The number of rotatable bonds is 9. The van der Waals surface area contributed by atoms with Crippen molar-refractivity contribution in [2.45, 2.75) is 56.8 Å². The summed E-state index contributed by atoms with van der Waals surface area (Å²) in [5.41, 5.74) is 1.10. The Hall–Kier alpha value is -2.31. The molecule has 1 spiro atoms. The van der Waals surface area contributed by atoms with Gasteiger partial charge >= 0.3 is 0 Å². The molecule has 2 heterocycles. The molecule has 1 fully saturated rings. The summed E-state index contributed by atoms with van der Waals surface area (Å²) in [6.07, 6.45) is -0.908. The molecule has 1 N–H and O–H groups in total. The average Bonchev–Trinajstić information content (AvgIpc) is 3.36. The number of aliphatic hydroxyl groups is 1. The lowest BCUT2D eigenvalue weighted by atomic mass is 9.82. The third kappa shape index (κ3) is 5.90. The van der Waals surface area contributed by atoms with Gasteiger partial charge in [0.05, 0.1) is 31.4 Å². The van der Waals surface area contributed by atoms with E-state index in [1.54, 1.807) is 35.0 Å². The molecule has 4 atom stereocenters. The van der Waals surface area contributed by atoms with Gasteiger partial charge in [0.2, 0.25) is 14.3 Å². The number of benzene rings is 3. The van der Waals surface area contributed by atoms with Crippen LogP contribution in [0.2, 0.25) is 23.7 Å². The van der Waals surface area contributed by atoms with Crippen LogP contribution in [0.1, 0.15) is 30.0 Å². The van der Waals surface area contributed by atoms with Crippen LogP contribution in [0.5, 0.6) is 0 Å². The number of halogens is 3. The predicted octanol–water partition coefficient (Wildman–Crippen LogP) is 6.68. The van der Waals surface area contributed by atoms with E-state index < -0.39 is 31.6 Å². The first kappa shape index (κ1) is 31.1. The third-order valence-electron chi connectivity index (χ3n) is 8.49. The molecule has 1 saturated heterocycles. The summed E-state index contributed by atoms with van der Waals surface area (Å²) in [6, 6.07) is 22.8. The molecular weight excluding hydrogens is 686 g/mol. The zero-order valence-electron chi connectivity index (χ0n) is 23.9. The van der Waals surface area contributed by atoms with Crippen molar-refractivity contribution in [2.75, 3.05) is 18.1 Å². The van der Waals surface area contributed by atoms with Gasteiger partial charge < -0.3 is 23.8 Å². The number of anilines is 1. The van der Waals surface area contributed by atoms with Crippen LogP contribution in [-0.2, 0) is 33.0 Å². The minimum Gasteiger partial charge on any atom is -0.395 e. The standard InChI is InChI=1S/C32H35ClFIN2O4Si/c1-21-30(42(2,3)34)28(18-29(39)36(15-16-38)19-22-7-5-4-6-8-22)41-32(21)26-17-24(33)11-14-27(26)37(31(32)40)20-23-9-12-25(35)13-10-23/h4-14,17,21,28,30,38H,15-16,18-20H2,1-3H3/t21-,28+,30-,32+/m1/s1. The molecule has 0 bridgehead atoms. The molecule has 0 unspecified atom stereocenters. The fourth-order valence-corrected chi connectivity index (χ4v) is 9.69. The maximum Gasteiger partial charge on any atom is 0.264 e. The van der Waals surface area contributed by atoms with Gasteiger partial charge in [0.15, 0.2) is 5.60 Å². The van der Waals surface area contributed by atoms with Crippen molar-refractivity contribution >= 4 is 60.1 Å². The normalized spacial score (nSPS) is 23.5. The van der Waals surface area contributed by atoms with E-state index in [4.69, 9.17) is 16.3 Å².